The number of carbonyl (C=O) groups is 2. The molecule has 0 spiro atoms. The van der Waals surface area contributed by atoms with Gasteiger partial charge in [-0.15, -0.1) is 11.3 Å². The van der Waals surface area contributed by atoms with Crippen LogP contribution in [0.2, 0.25) is 5.02 Å². The molecule has 5 nitrogen and oxygen atoms in total. The van der Waals surface area contributed by atoms with Gasteiger partial charge in [-0.3, -0.25) is 14.6 Å². The van der Waals surface area contributed by atoms with E-state index in [1.165, 1.54) is 6.07 Å². The first-order valence-corrected chi connectivity index (χ1v) is 9.17. The average Bonchev–Trinajstić information content (AvgIpc) is 3.00. The molecule has 2 heterocycles. The van der Waals surface area contributed by atoms with Crippen LogP contribution in [0.15, 0.2) is 48.8 Å². The second-order valence-electron chi connectivity index (χ2n) is 5.75. The van der Waals surface area contributed by atoms with Crippen molar-refractivity contribution in [3.63, 3.8) is 0 Å². The highest BCUT2D eigenvalue weighted by Crippen LogP contribution is 2.28. The Bertz CT molecular complexity index is 992. The molecular formula is C19H15ClFN3O2S. The molecule has 0 unspecified atom stereocenters. The van der Waals surface area contributed by atoms with Gasteiger partial charge in [0.25, 0.3) is 11.8 Å². The largest absolute Gasteiger partial charge is 0.347 e. The normalized spacial score (nSPS) is 10.5. The van der Waals surface area contributed by atoms with Crippen LogP contribution in [0.4, 0.5) is 9.39 Å². The van der Waals surface area contributed by atoms with Gasteiger partial charge in [0.15, 0.2) is 0 Å². The summed E-state index contributed by atoms with van der Waals surface area (Å²) < 4.78 is 13.1. The number of nitrogens with one attached hydrogen (secondary N) is 2. The molecule has 0 saturated heterocycles. The molecule has 0 aliphatic carbocycles. The van der Waals surface area contributed by atoms with Crippen molar-refractivity contribution in [1.82, 2.24) is 10.3 Å². The highest BCUT2D eigenvalue weighted by molar-refractivity contribution is 7.18. The highest BCUT2D eigenvalue weighted by atomic mass is 35.5. The third kappa shape index (κ3) is 4.69. The number of benzene rings is 1. The van der Waals surface area contributed by atoms with Crippen LogP contribution < -0.4 is 10.6 Å². The molecule has 0 aliphatic heterocycles. The number of aromatic nitrogens is 1. The Morgan fingerprint density at radius 1 is 1.22 bits per heavy atom. The summed E-state index contributed by atoms with van der Waals surface area (Å²) >= 11 is 7.07. The molecule has 3 rings (SSSR count). The first-order valence-electron chi connectivity index (χ1n) is 7.98. The van der Waals surface area contributed by atoms with E-state index < -0.39 is 11.7 Å². The first kappa shape index (κ1) is 19.0. The van der Waals surface area contributed by atoms with E-state index in [0.717, 1.165) is 34.6 Å². The lowest BCUT2D eigenvalue weighted by molar-refractivity contribution is 0.0953. The van der Waals surface area contributed by atoms with Crippen LogP contribution in [-0.4, -0.2) is 16.8 Å². The van der Waals surface area contributed by atoms with Crippen molar-refractivity contribution < 1.29 is 14.0 Å². The topological polar surface area (TPSA) is 71.1 Å². The van der Waals surface area contributed by atoms with Crippen molar-refractivity contribution in [2.75, 3.05) is 5.32 Å². The zero-order valence-corrected chi connectivity index (χ0v) is 15.8. The first-order chi connectivity index (χ1) is 12.9. The lowest BCUT2D eigenvalue weighted by Gasteiger charge is -2.05. The van der Waals surface area contributed by atoms with Gasteiger partial charge < -0.3 is 10.6 Å². The monoisotopic (exact) mass is 403 g/mol. The van der Waals surface area contributed by atoms with Crippen LogP contribution in [0.1, 0.15) is 31.2 Å². The van der Waals surface area contributed by atoms with Crippen LogP contribution in [-0.2, 0) is 6.54 Å². The fourth-order valence-corrected chi connectivity index (χ4v) is 3.62. The summed E-state index contributed by atoms with van der Waals surface area (Å²) in [5.74, 6) is -1.22. The number of nitrogens with zero attached hydrogens (tertiary/aromatic N) is 1. The molecule has 8 heteroatoms. The molecule has 0 radical (unpaired) electrons. The number of hydrogen-bond donors (Lipinski definition) is 2. The number of carbonyl (C=O) groups excluding carboxylic acids is 2. The highest BCUT2D eigenvalue weighted by Gasteiger charge is 2.17. The molecule has 2 amide bonds. The quantitative estimate of drug-likeness (QED) is 0.662. The van der Waals surface area contributed by atoms with Crippen molar-refractivity contribution in [1.29, 1.82) is 0 Å². The zero-order valence-electron chi connectivity index (χ0n) is 14.3. The van der Waals surface area contributed by atoms with Crippen molar-refractivity contribution in [3.8, 4) is 0 Å². The number of thiophene rings is 1. The van der Waals surface area contributed by atoms with Gasteiger partial charge in [0, 0.05) is 18.9 Å². The second kappa shape index (κ2) is 8.28. The Morgan fingerprint density at radius 2 is 2.04 bits per heavy atom. The number of amides is 2. The number of pyridine rings is 1. The maximum absolute atomic E-state index is 13.1. The molecule has 138 valence electrons. The van der Waals surface area contributed by atoms with Gasteiger partial charge in [-0.1, -0.05) is 17.7 Å². The van der Waals surface area contributed by atoms with Crippen LogP contribution in [0, 0.1) is 12.7 Å². The molecule has 1 aromatic carbocycles. The minimum atomic E-state index is -0.518. The van der Waals surface area contributed by atoms with E-state index >= 15 is 0 Å². The summed E-state index contributed by atoms with van der Waals surface area (Å²) in [5.41, 5.74) is 1.79. The van der Waals surface area contributed by atoms with Gasteiger partial charge in [-0.25, -0.2) is 4.39 Å². The fourth-order valence-electron chi connectivity index (χ4n) is 2.39. The Morgan fingerprint density at radius 3 is 2.74 bits per heavy atom. The molecule has 0 atom stereocenters. The number of hydrogen-bond acceptors (Lipinski definition) is 4. The van der Waals surface area contributed by atoms with E-state index in [0.29, 0.717) is 16.4 Å². The standard InChI is InChI=1S/C19H15ClFN3O2S/c1-11-7-16(24-18(25)14-5-4-13(21)8-15(14)20)27-17(11)19(26)23-10-12-3-2-6-22-9-12/h2-9H,10H2,1H3,(H,23,26)(H,24,25). The Kier molecular flexibility index (Phi) is 5.83. The van der Waals surface area contributed by atoms with Crippen LogP contribution >= 0.6 is 22.9 Å². The Hall–Kier alpha value is -2.77. The Labute approximate surface area is 164 Å². The third-order valence-corrected chi connectivity index (χ3v) is 5.18. The third-order valence-electron chi connectivity index (χ3n) is 3.71. The van der Waals surface area contributed by atoms with Crippen molar-refractivity contribution in [2.45, 2.75) is 13.5 Å². The van der Waals surface area contributed by atoms with E-state index in [1.54, 1.807) is 31.5 Å². The number of aryl methyl sites for hydroxylation is 1. The van der Waals surface area contributed by atoms with Crippen LogP contribution in [0.5, 0.6) is 0 Å². The molecule has 0 fully saturated rings. The maximum atomic E-state index is 13.1. The van der Waals surface area contributed by atoms with Gasteiger partial charge in [0.2, 0.25) is 0 Å². The van der Waals surface area contributed by atoms with Gasteiger partial charge in [0.1, 0.15) is 5.82 Å². The van der Waals surface area contributed by atoms with Crippen molar-refractivity contribution >= 4 is 39.8 Å². The van der Waals surface area contributed by atoms with Crippen LogP contribution in [0.3, 0.4) is 0 Å². The van der Waals surface area contributed by atoms with Gasteiger partial charge in [-0.05, 0) is 48.4 Å². The molecule has 27 heavy (non-hydrogen) atoms. The molecule has 0 aliphatic rings. The minimum Gasteiger partial charge on any atom is -0.347 e. The van der Waals surface area contributed by atoms with Crippen LogP contribution in [0.25, 0.3) is 0 Å². The Balaban J connectivity index is 1.68. The predicted molar refractivity (Wildman–Crippen MR) is 104 cm³/mol. The summed E-state index contributed by atoms with van der Waals surface area (Å²) in [7, 11) is 0. The summed E-state index contributed by atoms with van der Waals surface area (Å²) in [5, 5.41) is 6.04. The van der Waals surface area contributed by atoms with Crippen molar-refractivity contribution in [3.05, 3.63) is 81.2 Å². The zero-order chi connectivity index (χ0) is 19.4. The number of anilines is 1. The SMILES string of the molecule is Cc1cc(NC(=O)c2ccc(F)cc2Cl)sc1C(=O)NCc1cccnc1. The average molecular weight is 404 g/mol. The lowest BCUT2D eigenvalue weighted by Crippen LogP contribution is -2.22. The molecule has 3 aromatic rings. The van der Waals surface area contributed by atoms with Gasteiger partial charge in [-0.2, -0.15) is 0 Å². The summed E-state index contributed by atoms with van der Waals surface area (Å²) in [6.45, 7) is 2.15. The molecule has 0 saturated carbocycles. The minimum absolute atomic E-state index is 0.0233. The molecule has 2 aromatic heterocycles. The van der Waals surface area contributed by atoms with Gasteiger partial charge in [0.05, 0.1) is 20.5 Å². The van der Waals surface area contributed by atoms with Gasteiger partial charge >= 0.3 is 0 Å². The fraction of sp³-hybridized carbons (Fsp3) is 0.105. The summed E-state index contributed by atoms with van der Waals surface area (Å²) in [6, 6.07) is 8.93. The lowest BCUT2D eigenvalue weighted by atomic mass is 10.2. The molecule has 2 N–H and O–H groups in total. The number of rotatable bonds is 5. The smallest absolute Gasteiger partial charge is 0.261 e. The summed E-state index contributed by atoms with van der Waals surface area (Å²) in [4.78, 5) is 29.2. The molecule has 0 bridgehead atoms. The second-order valence-corrected chi connectivity index (χ2v) is 7.20. The van der Waals surface area contributed by atoms with E-state index in [1.807, 2.05) is 6.07 Å². The summed E-state index contributed by atoms with van der Waals surface area (Å²) in [6.07, 6.45) is 3.34. The van der Waals surface area contributed by atoms with E-state index in [4.69, 9.17) is 11.6 Å². The maximum Gasteiger partial charge on any atom is 0.261 e. The van der Waals surface area contributed by atoms with E-state index in [-0.39, 0.29) is 16.5 Å². The van der Waals surface area contributed by atoms with E-state index in [2.05, 4.69) is 15.6 Å². The number of halogens is 2. The van der Waals surface area contributed by atoms with E-state index in [9.17, 15) is 14.0 Å². The predicted octanol–water partition coefficient (Wildman–Crippen LogP) is 4.43. The molecular weight excluding hydrogens is 389 g/mol. The van der Waals surface area contributed by atoms with Crippen molar-refractivity contribution in [2.24, 2.45) is 0 Å².